The predicted molar refractivity (Wildman–Crippen MR) is 100 cm³/mol. The quantitative estimate of drug-likeness (QED) is 0.756. The second kappa shape index (κ2) is 6.40. The van der Waals surface area contributed by atoms with E-state index >= 15 is 0 Å². The number of hydrogen-bond donors (Lipinski definition) is 2. The molecule has 26 heavy (non-hydrogen) atoms. The average Bonchev–Trinajstić information content (AvgIpc) is 2.99. The Morgan fingerprint density at radius 3 is 2.88 bits per heavy atom. The highest BCUT2D eigenvalue weighted by molar-refractivity contribution is 5.93. The van der Waals surface area contributed by atoms with Crippen molar-refractivity contribution in [2.45, 2.75) is 46.0 Å². The third-order valence-corrected chi connectivity index (χ3v) is 5.07. The third-order valence-electron chi connectivity index (χ3n) is 5.07. The van der Waals surface area contributed by atoms with Gasteiger partial charge in [0.05, 0.1) is 6.42 Å². The first-order valence-corrected chi connectivity index (χ1v) is 8.92. The molecule has 1 aliphatic rings. The van der Waals surface area contributed by atoms with Crippen LogP contribution in [0.25, 0.3) is 5.78 Å². The first-order chi connectivity index (χ1) is 12.5. The lowest BCUT2D eigenvalue weighted by Gasteiger charge is -2.20. The number of benzene rings is 1. The Labute approximate surface area is 151 Å². The summed E-state index contributed by atoms with van der Waals surface area (Å²) < 4.78 is 1.59. The predicted octanol–water partition coefficient (Wildman–Crippen LogP) is 2.38. The molecule has 0 aliphatic heterocycles. The Bertz CT molecular complexity index is 1010. The highest BCUT2D eigenvalue weighted by Crippen LogP contribution is 2.28. The summed E-state index contributed by atoms with van der Waals surface area (Å²) in [6.45, 7) is 3.79. The summed E-state index contributed by atoms with van der Waals surface area (Å²) in [7, 11) is 0. The molecule has 0 saturated heterocycles. The number of aryl methyl sites for hydroxylation is 3. The minimum Gasteiger partial charge on any atom is -0.366 e. The van der Waals surface area contributed by atoms with Crippen LogP contribution in [0.1, 0.15) is 40.9 Å². The van der Waals surface area contributed by atoms with E-state index in [-0.39, 0.29) is 18.3 Å². The molecule has 0 unspecified atom stereocenters. The monoisotopic (exact) mass is 350 g/mol. The van der Waals surface area contributed by atoms with Crippen molar-refractivity contribution in [2.24, 2.45) is 0 Å². The fraction of sp³-hybridized carbons (Fsp3) is 0.368. The maximum atomic E-state index is 12.7. The van der Waals surface area contributed by atoms with E-state index in [0.29, 0.717) is 5.78 Å². The summed E-state index contributed by atoms with van der Waals surface area (Å²) in [5, 5.41) is 7.24. The van der Waals surface area contributed by atoms with Gasteiger partial charge >= 0.3 is 0 Å². The van der Waals surface area contributed by atoms with Crippen molar-refractivity contribution >= 4 is 23.3 Å². The molecule has 0 radical (unpaired) electrons. The molecule has 4 rings (SSSR count). The number of nitrogens with one attached hydrogen (secondary N) is 1. The van der Waals surface area contributed by atoms with Crippen LogP contribution in [-0.4, -0.2) is 25.5 Å². The number of carbonyl (C=O) groups is 1. The number of anilines is 2. The van der Waals surface area contributed by atoms with Gasteiger partial charge < -0.3 is 11.1 Å². The van der Waals surface area contributed by atoms with Crippen molar-refractivity contribution in [1.29, 1.82) is 0 Å². The molecule has 2 heterocycles. The second-order valence-electron chi connectivity index (χ2n) is 6.82. The van der Waals surface area contributed by atoms with Gasteiger partial charge in [-0.3, -0.25) is 4.79 Å². The van der Waals surface area contributed by atoms with E-state index in [2.05, 4.69) is 26.4 Å². The molecule has 134 valence electrons. The average molecular weight is 350 g/mol. The summed E-state index contributed by atoms with van der Waals surface area (Å²) in [5.41, 5.74) is 11.7. The smallest absolute Gasteiger partial charge is 0.254 e. The largest absolute Gasteiger partial charge is 0.366 e. The fourth-order valence-corrected chi connectivity index (χ4v) is 3.73. The molecule has 3 N–H and O–H groups in total. The van der Waals surface area contributed by atoms with Crippen LogP contribution in [0.3, 0.4) is 0 Å². The molecule has 7 heteroatoms. The highest BCUT2D eigenvalue weighted by Gasteiger charge is 2.18. The Morgan fingerprint density at radius 1 is 1.23 bits per heavy atom. The van der Waals surface area contributed by atoms with Crippen LogP contribution in [0.4, 0.5) is 11.6 Å². The summed E-state index contributed by atoms with van der Waals surface area (Å²) in [5.74, 6) is 0.584. The van der Waals surface area contributed by atoms with E-state index in [0.717, 1.165) is 35.5 Å². The minimum absolute atomic E-state index is 0.0515. The lowest BCUT2D eigenvalue weighted by molar-refractivity contribution is -0.115. The lowest BCUT2D eigenvalue weighted by atomic mass is 9.90. The van der Waals surface area contributed by atoms with Crippen LogP contribution in [0.2, 0.25) is 0 Å². The molecule has 0 saturated carbocycles. The standard InChI is InChI=1S/C19H22N6O/c1-11-15(12(2)25-19(21-11)23-18(20)24-25)10-17(26)22-16-9-5-7-13-6-3-4-8-14(13)16/h5,7,9H,3-4,6,8,10H2,1-2H3,(H2,20,24)(H,22,26). The molecule has 3 aromatic rings. The fourth-order valence-electron chi connectivity index (χ4n) is 3.73. The van der Waals surface area contributed by atoms with E-state index in [1.165, 1.54) is 24.0 Å². The van der Waals surface area contributed by atoms with Gasteiger partial charge in [0, 0.05) is 22.6 Å². The van der Waals surface area contributed by atoms with E-state index in [4.69, 9.17) is 5.73 Å². The van der Waals surface area contributed by atoms with Gasteiger partial charge in [-0.2, -0.15) is 9.50 Å². The summed E-state index contributed by atoms with van der Waals surface area (Å²) in [6, 6.07) is 6.16. The van der Waals surface area contributed by atoms with Gasteiger partial charge in [0.2, 0.25) is 11.9 Å². The summed E-state index contributed by atoms with van der Waals surface area (Å²) in [6.07, 6.45) is 4.74. The lowest BCUT2D eigenvalue weighted by Crippen LogP contribution is -2.19. The summed E-state index contributed by atoms with van der Waals surface area (Å²) >= 11 is 0. The number of aromatic nitrogens is 4. The van der Waals surface area contributed by atoms with E-state index in [1.54, 1.807) is 4.52 Å². The van der Waals surface area contributed by atoms with Gasteiger partial charge in [-0.1, -0.05) is 12.1 Å². The van der Waals surface area contributed by atoms with Gasteiger partial charge in [0.15, 0.2) is 0 Å². The maximum Gasteiger partial charge on any atom is 0.254 e. The number of carbonyl (C=O) groups excluding carboxylic acids is 1. The van der Waals surface area contributed by atoms with Crippen molar-refractivity contribution < 1.29 is 4.79 Å². The van der Waals surface area contributed by atoms with Crippen molar-refractivity contribution in [3.63, 3.8) is 0 Å². The van der Waals surface area contributed by atoms with Crippen LogP contribution >= 0.6 is 0 Å². The molecule has 2 aromatic heterocycles. The van der Waals surface area contributed by atoms with Gasteiger partial charge in [-0.25, -0.2) is 4.98 Å². The molecule has 0 fully saturated rings. The molecule has 1 aromatic carbocycles. The Balaban J connectivity index is 1.60. The Kier molecular flexibility index (Phi) is 4.06. The third kappa shape index (κ3) is 2.89. The number of fused-ring (bicyclic) bond motifs is 2. The van der Waals surface area contributed by atoms with Gasteiger partial charge in [0.1, 0.15) is 0 Å². The number of hydrogen-bond acceptors (Lipinski definition) is 5. The molecule has 1 aliphatic carbocycles. The minimum atomic E-state index is -0.0515. The molecule has 0 atom stereocenters. The van der Waals surface area contributed by atoms with Crippen molar-refractivity contribution in [3.8, 4) is 0 Å². The molecule has 0 bridgehead atoms. The number of nitrogens with two attached hydrogens (primary N) is 1. The van der Waals surface area contributed by atoms with Gasteiger partial charge in [0.25, 0.3) is 5.78 Å². The Morgan fingerprint density at radius 2 is 2.04 bits per heavy atom. The Hall–Kier alpha value is -2.96. The summed E-state index contributed by atoms with van der Waals surface area (Å²) in [4.78, 5) is 21.2. The second-order valence-corrected chi connectivity index (χ2v) is 6.82. The number of amides is 1. The van der Waals surface area contributed by atoms with E-state index in [9.17, 15) is 4.79 Å². The normalized spacial score (nSPS) is 13.6. The van der Waals surface area contributed by atoms with Crippen molar-refractivity contribution in [3.05, 3.63) is 46.3 Å². The molecule has 1 amide bonds. The SMILES string of the molecule is Cc1nc2nc(N)nn2c(C)c1CC(=O)Nc1cccc2c1CCCC2. The number of rotatable bonds is 3. The van der Waals surface area contributed by atoms with Crippen LogP contribution in [0.15, 0.2) is 18.2 Å². The van der Waals surface area contributed by atoms with Crippen molar-refractivity contribution in [2.75, 3.05) is 11.1 Å². The molecule has 0 spiro atoms. The van der Waals surface area contributed by atoms with Crippen LogP contribution in [0, 0.1) is 13.8 Å². The first kappa shape index (κ1) is 16.5. The number of nitrogens with zero attached hydrogens (tertiary/aromatic N) is 4. The maximum absolute atomic E-state index is 12.7. The topological polar surface area (TPSA) is 98.2 Å². The zero-order valence-corrected chi connectivity index (χ0v) is 15.0. The van der Waals surface area contributed by atoms with E-state index < -0.39 is 0 Å². The molecule has 7 nitrogen and oxygen atoms in total. The zero-order chi connectivity index (χ0) is 18.3. The van der Waals surface area contributed by atoms with Crippen LogP contribution in [0.5, 0.6) is 0 Å². The van der Waals surface area contributed by atoms with Gasteiger partial charge in [-0.05, 0) is 56.7 Å². The van der Waals surface area contributed by atoms with Gasteiger partial charge in [-0.15, -0.1) is 5.10 Å². The molecular weight excluding hydrogens is 328 g/mol. The zero-order valence-electron chi connectivity index (χ0n) is 15.0. The highest BCUT2D eigenvalue weighted by atomic mass is 16.1. The van der Waals surface area contributed by atoms with Crippen LogP contribution in [-0.2, 0) is 24.1 Å². The van der Waals surface area contributed by atoms with E-state index in [1.807, 2.05) is 26.0 Å². The van der Waals surface area contributed by atoms with Crippen molar-refractivity contribution in [1.82, 2.24) is 19.6 Å². The first-order valence-electron chi connectivity index (χ1n) is 8.92. The number of nitrogen functional groups attached to an aromatic ring is 1. The molecular formula is C19H22N6O. The van der Waals surface area contributed by atoms with Crippen LogP contribution < -0.4 is 11.1 Å².